The summed E-state index contributed by atoms with van der Waals surface area (Å²) in [5.41, 5.74) is -1.12. The first-order valence-electron chi connectivity index (χ1n) is 9.25. The second kappa shape index (κ2) is 8.64. The minimum Gasteiger partial charge on any atom is -0.348 e. The smallest absolute Gasteiger partial charge is 0.348 e. The Morgan fingerprint density at radius 2 is 1.86 bits per heavy atom. The molecule has 0 aliphatic carbocycles. The molecule has 8 heteroatoms. The number of hydrogen-bond acceptors (Lipinski definition) is 4. The van der Waals surface area contributed by atoms with Crippen LogP contribution in [-0.4, -0.2) is 26.3 Å². The van der Waals surface area contributed by atoms with Crippen LogP contribution >= 0.6 is 0 Å². The van der Waals surface area contributed by atoms with Gasteiger partial charge in [0.25, 0.3) is 11.5 Å². The summed E-state index contributed by atoms with van der Waals surface area (Å²) in [6.07, 6.45) is 0.668. The van der Waals surface area contributed by atoms with Crippen molar-refractivity contribution in [2.45, 2.75) is 32.9 Å². The molecular weight excluding hydrogens is 375 g/mol. The van der Waals surface area contributed by atoms with Gasteiger partial charge >= 0.3 is 5.69 Å². The number of rotatable bonds is 6. The second-order valence-corrected chi connectivity index (χ2v) is 6.68. The van der Waals surface area contributed by atoms with Gasteiger partial charge in [0.1, 0.15) is 5.82 Å². The average molecular weight is 396 g/mol. The van der Waals surface area contributed by atoms with Gasteiger partial charge in [0.05, 0.1) is 12.2 Å². The molecule has 0 unspecified atom stereocenters. The van der Waals surface area contributed by atoms with Crippen LogP contribution in [0.2, 0.25) is 0 Å². The zero-order valence-electron chi connectivity index (χ0n) is 16.1. The number of hydrogen-bond donors (Lipinski definition) is 1. The fraction of sp³-hybridized carbons (Fsp3) is 0.238. The van der Waals surface area contributed by atoms with E-state index >= 15 is 0 Å². The van der Waals surface area contributed by atoms with Gasteiger partial charge in [0.15, 0.2) is 0 Å². The number of benzene rings is 2. The van der Waals surface area contributed by atoms with Gasteiger partial charge in [-0.15, -0.1) is 0 Å². The van der Waals surface area contributed by atoms with Gasteiger partial charge in [-0.05, 0) is 43.2 Å². The van der Waals surface area contributed by atoms with E-state index in [1.807, 2.05) is 6.92 Å². The van der Waals surface area contributed by atoms with Crippen molar-refractivity contribution in [3.05, 3.63) is 92.5 Å². The van der Waals surface area contributed by atoms with E-state index in [1.165, 1.54) is 18.2 Å². The van der Waals surface area contributed by atoms with Gasteiger partial charge in [0, 0.05) is 6.04 Å². The summed E-state index contributed by atoms with van der Waals surface area (Å²) >= 11 is 0. The Balaban J connectivity index is 2.18. The Kier molecular flexibility index (Phi) is 6.01. The zero-order valence-corrected chi connectivity index (χ0v) is 16.1. The summed E-state index contributed by atoms with van der Waals surface area (Å²) in [5, 5.41) is 6.73. The first-order chi connectivity index (χ1) is 13.9. The van der Waals surface area contributed by atoms with Crippen LogP contribution in [0.3, 0.4) is 0 Å². The quantitative estimate of drug-likeness (QED) is 0.692. The molecule has 1 heterocycles. The maximum Gasteiger partial charge on any atom is 0.352 e. The molecule has 1 atom stereocenters. The summed E-state index contributed by atoms with van der Waals surface area (Å²) in [6, 6.07) is 13.9. The maximum absolute atomic E-state index is 13.6. The molecule has 0 aliphatic heterocycles. The molecule has 2 aromatic carbocycles. The van der Waals surface area contributed by atoms with Crippen molar-refractivity contribution in [2.75, 3.05) is 0 Å². The lowest BCUT2D eigenvalue weighted by Crippen LogP contribution is -2.47. The topological polar surface area (TPSA) is 86.0 Å². The molecule has 3 aromatic rings. The first kappa shape index (κ1) is 20.2. The first-order valence-corrected chi connectivity index (χ1v) is 9.25. The number of carbonyl (C=O) groups is 1. The summed E-state index contributed by atoms with van der Waals surface area (Å²) in [5.74, 6) is -1.15. The van der Waals surface area contributed by atoms with Crippen molar-refractivity contribution in [2.24, 2.45) is 0 Å². The molecule has 0 aliphatic rings. The highest BCUT2D eigenvalue weighted by Crippen LogP contribution is 2.06. The molecule has 0 fully saturated rings. The Bertz CT molecular complexity index is 1140. The molecule has 1 N–H and O–H groups in total. The van der Waals surface area contributed by atoms with E-state index in [9.17, 15) is 18.8 Å². The molecule has 1 amide bonds. The lowest BCUT2D eigenvalue weighted by molar-refractivity contribution is 0.0929. The Morgan fingerprint density at radius 1 is 1.14 bits per heavy atom. The molecule has 150 valence electrons. The molecule has 0 spiro atoms. The van der Waals surface area contributed by atoms with Crippen LogP contribution in [0.25, 0.3) is 5.69 Å². The molecule has 29 heavy (non-hydrogen) atoms. The van der Waals surface area contributed by atoms with Gasteiger partial charge in [0.2, 0.25) is 5.69 Å². The molecular formula is C21H21FN4O3. The molecule has 7 nitrogen and oxygen atoms in total. The number of aromatic nitrogens is 3. The SMILES string of the molecule is CC[C@H](C)NC(=O)c1nn(-c2ccccc2)c(=O)n(Cc2cccc(F)c2)c1=O. The Labute approximate surface area is 166 Å². The molecule has 0 saturated carbocycles. The van der Waals surface area contributed by atoms with Crippen molar-refractivity contribution >= 4 is 5.91 Å². The average Bonchev–Trinajstić information content (AvgIpc) is 2.71. The number of amides is 1. The number of halogens is 1. The number of para-hydroxylation sites is 1. The third-order valence-corrected chi connectivity index (χ3v) is 4.50. The standard InChI is InChI=1S/C21H21FN4O3/c1-3-14(2)23-19(27)18-20(28)25(13-15-8-7-9-16(22)12-15)21(29)26(24-18)17-10-5-4-6-11-17/h4-12,14H,3,13H2,1-2H3,(H,23,27)/t14-/m0/s1. The normalized spacial score (nSPS) is 11.8. The predicted molar refractivity (Wildman–Crippen MR) is 107 cm³/mol. The minimum absolute atomic E-state index is 0.169. The van der Waals surface area contributed by atoms with Crippen LogP contribution in [0.1, 0.15) is 36.3 Å². The maximum atomic E-state index is 13.6. The van der Waals surface area contributed by atoms with E-state index in [-0.39, 0.29) is 12.6 Å². The molecule has 0 bridgehead atoms. The van der Waals surface area contributed by atoms with Gasteiger partial charge in [-0.3, -0.25) is 14.2 Å². The highest BCUT2D eigenvalue weighted by molar-refractivity contribution is 5.91. The molecule has 3 rings (SSSR count). The van der Waals surface area contributed by atoms with Gasteiger partial charge in [-0.25, -0.2) is 9.18 Å². The summed E-state index contributed by atoms with van der Waals surface area (Å²) < 4.78 is 15.5. The Hall–Kier alpha value is -3.55. The van der Waals surface area contributed by atoms with Crippen molar-refractivity contribution in [3.63, 3.8) is 0 Å². The van der Waals surface area contributed by atoms with Crippen molar-refractivity contribution < 1.29 is 9.18 Å². The van der Waals surface area contributed by atoms with Crippen LogP contribution in [-0.2, 0) is 6.54 Å². The number of carbonyl (C=O) groups excluding carboxylic acids is 1. The highest BCUT2D eigenvalue weighted by atomic mass is 19.1. The lowest BCUT2D eigenvalue weighted by atomic mass is 10.2. The molecule has 0 saturated heterocycles. The summed E-state index contributed by atoms with van der Waals surface area (Å²) in [6.45, 7) is 3.51. The minimum atomic E-state index is -0.827. The Morgan fingerprint density at radius 3 is 2.52 bits per heavy atom. The highest BCUT2D eigenvalue weighted by Gasteiger charge is 2.21. The largest absolute Gasteiger partial charge is 0.352 e. The second-order valence-electron chi connectivity index (χ2n) is 6.68. The zero-order chi connectivity index (χ0) is 21.0. The van der Waals surface area contributed by atoms with E-state index in [0.29, 0.717) is 17.7 Å². The van der Waals surface area contributed by atoms with Crippen molar-refractivity contribution in [3.8, 4) is 5.69 Å². The summed E-state index contributed by atoms with van der Waals surface area (Å²) in [7, 11) is 0. The van der Waals surface area contributed by atoms with Crippen LogP contribution in [0.5, 0.6) is 0 Å². The van der Waals surface area contributed by atoms with Crippen LogP contribution in [0.15, 0.2) is 64.2 Å². The van der Waals surface area contributed by atoms with Crippen LogP contribution in [0.4, 0.5) is 4.39 Å². The fourth-order valence-electron chi connectivity index (χ4n) is 2.75. The number of nitrogens with zero attached hydrogens (tertiary/aromatic N) is 3. The van der Waals surface area contributed by atoms with Gasteiger partial charge in [-0.1, -0.05) is 37.3 Å². The monoisotopic (exact) mass is 396 g/mol. The van der Waals surface area contributed by atoms with E-state index < -0.39 is 28.7 Å². The van der Waals surface area contributed by atoms with E-state index in [4.69, 9.17) is 0 Å². The fourth-order valence-corrected chi connectivity index (χ4v) is 2.75. The third kappa shape index (κ3) is 4.48. The third-order valence-electron chi connectivity index (χ3n) is 4.50. The predicted octanol–water partition coefficient (Wildman–Crippen LogP) is 2.11. The van der Waals surface area contributed by atoms with Gasteiger partial charge in [-0.2, -0.15) is 9.78 Å². The molecule has 0 radical (unpaired) electrons. The van der Waals surface area contributed by atoms with Crippen molar-refractivity contribution in [1.29, 1.82) is 0 Å². The summed E-state index contributed by atoms with van der Waals surface area (Å²) in [4.78, 5) is 38.5. The molecule has 1 aromatic heterocycles. The van der Waals surface area contributed by atoms with Crippen LogP contribution in [0, 0.1) is 5.82 Å². The van der Waals surface area contributed by atoms with Crippen LogP contribution < -0.4 is 16.6 Å². The number of nitrogens with one attached hydrogen (secondary N) is 1. The van der Waals surface area contributed by atoms with E-state index in [0.717, 1.165) is 9.25 Å². The lowest BCUT2D eigenvalue weighted by Gasteiger charge is -2.14. The van der Waals surface area contributed by atoms with E-state index in [2.05, 4.69) is 10.4 Å². The van der Waals surface area contributed by atoms with Gasteiger partial charge < -0.3 is 5.32 Å². The van der Waals surface area contributed by atoms with E-state index in [1.54, 1.807) is 43.3 Å². The van der Waals surface area contributed by atoms with Crippen molar-refractivity contribution in [1.82, 2.24) is 19.7 Å².